The largest absolute Gasteiger partial charge is 0.466 e. The van der Waals surface area contributed by atoms with E-state index in [9.17, 15) is 14.7 Å². The molecule has 0 aromatic rings. The number of aliphatic hydroxyl groups is 1. The minimum Gasteiger partial charge on any atom is -0.466 e. The van der Waals surface area contributed by atoms with Crippen molar-refractivity contribution in [2.45, 2.75) is 96.1 Å². The van der Waals surface area contributed by atoms with E-state index < -0.39 is 23.6 Å². The molecule has 0 spiro atoms. The summed E-state index contributed by atoms with van der Waals surface area (Å²) in [6, 6.07) is 0. The predicted molar refractivity (Wildman–Crippen MR) is 110 cm³/mol. The monoisotopic (exact) mass is 408 g/mol. The summed E-state index contributed by atoms with van der Waals surface area (Å²) in [7, 11) is 1.34. The third-order valence-electron chi connectivity index (χ3n) is 6.41. The third-order valence-corrected chi connectivity index (χ3v) is 6.41. The zero-order valence-electron chi connectivity index (χ0n) is 18.5. The van der Waals surface area contributed by atoms with Crippen LogP contribution in [0.25, 0.3) is 0 Å². The molecule has 6 heteroatoms. The quantitative estimate of drug-likeness (QED) is 0.330. The van der Waals surface area contributed by atoms with Gasteiger partial charge in [0.15, 0.2) is 0 Å². The number of fused-ring (bicyclic) bond motifs is 1. The first-order valence-electron chi connectivity index (χ1n) is 10.5. The van der Waals surface area contributed by atoms with Crippen LogP contribution < -0.4 is 0 Å². The normalized spacial score (nSPS) is 37.9. The summed E-state index contributed by atoms with van der Waals surface area (Å²) in [5.41, 5.74) is 0.220. The molecule has 164 valence electrons. The highest BCUT2D eigenvalue weighted by molar-refractivity contribution is 5.88. The van der Waals surface area contributed by atoms with Crippen LogP contribution in [0, 0.1) is 5.92 Å². The van der Waals surface area contributed by atoms with Crippen molar-refractivity contribution < 1.29 is 28.9 Å². The van der Waals surface area contributed by atoms with E-state index in [4.69, 9.17) is 14.2 Å². The van der Waals surface area contributed by atoms with Crippen LogP contribution >= 0.6 is 0 Å². The van der Waals surface area contributed by atoms with E-state index in [1.165, 1.54) is 19.6 Å². The third kappa shape index (κ3) is 6.41. The van der Waals surface area contributed by atoms with E-state index in [1.807, 2.05) is 0 Å². The van der Waals surface area contributed by atoms with Crippen molar-refractivity contribution in [3.8, 4) is 0 Å². The summed E-state index contributed by atoms with van der Waals surface area (Å²) in [4.78, 5) is 23.7. The summed E-state index contributed by atoms with van der Waals surface area (Å²) in [6.45, 7) is 11.2. The highest BCUT2D eigenvalue weighted by Gasteiger charge is 2.52. The van der Waals surface area contributed by atoms with Crippen molar-refractivity contribution in [2.24, 2.45) is 5.92 Å². The number of esters is 2. The van der Waals surface area contributed by atoms with E-state index in [0.717, 1.165) is 19.3 Å². The number of hydrogen-bond acceptors (Lipinski definition) is 6. The molecule has 2 rings (SSSR count). The van der Waals surface area contributed by atoms with Crippen LogP contribution in [0.3, 0.4) is 0 Å². The topological polar surface area (TPSA) is 85.4 Å². The van der Waals surface area contributed by atoms with Gasteiger partial charge < -0.3 is 19.3 Å². The van der Waals surface area contributed by atoms with Gasteiger partial charge in [0.05, 0.1) is 24.4 Å². The van der Waals surface area contributed by atoms with Crippen molar-refractivity contribution in [1.82, 2.24) is 0 Å². The first kappa shape index (κ1) is 23.6. The maximum absolute atomic E-state index is 12.1. The standard InChI is InChI=1S/C23H36O6/c1-15-8-7-12-23(5)20(29-23)14-18(16(2)21(25)27-6)11-13-22(4,26)19(10-9-15)28-17(3)24/h8,18-20,26H,2,7,9-14H2,1,3-6H3/b15-8-/t18-,19-,20+,22-,23+/m1/s1. The number of allylic oxidation sites excluding steroid dienone is 2. The molecule has 0 unspecified atom stereocenters. The van der Waals surface area contributed by atoms with E-state index in [2.05, 4.69) is 26.5 Å². The second-order valence-corrected chi connectivity index (χ2v) is 8.99. The average Bonchev–Trinajstić information content (AvgIpc) is 3.28. The van der Waals surface area contributed by atoms with E-state index >= 15 is 0 Å². The lowest BCUT2D eigenvalue weighted by Gasteiger charge is -2.34. The Morgan fingerprint density at radius 2 is 1.97 bits per heavy atom. The molecule has 1 N–H and O–H groups in total. The lowest BCUT2D eigenvalue weighted by Crippen LogP contribution is -2.42. The Balaban J connectivity index is 2.25. The fourth-order valence-corrected chi connectivity index (χ4v) is 4.19. The lowest BCUT2D eigenvalue weighted by atomic mass is 9.81. The highest BCUT2D eigenvalue weighted by atomic mass is 16.6. The maximum Gasteiger partial charge on any atom is 0.333 e. The molecule has 0 aromatic carbocycles. The number of carbonyl (C=O) groups is 2. The Bertz CT molecular complexity index is 664. The first-order chi connectivity index (χ1) is 13.5. The first-order valence-corrected chi connectivity index (χ1v) is 10.5. The van der Waals surface area contributed by atoms with Crippen LogP contribution in [-0.4, -0.2) is 47.6 Å². The van der Waals surface area contributed by atoms with Crippen molar-refractivity contribution >= 4 is 11.9 Å². The summed E-state index contributed by atoms with van der Waals surface area (Å²) >= 11 is 0. The minimum absolute atomic E-state index is 0.0553. The maximum atomic E-state index is 12.1. The molecule has 1 heterocycles. The number of methoxy groups -OCH3 is 1. The molecule has 0 bridgehead atoms. The molecule has 0 amide bonds. The summed E-state index contributed by atoms with van der Waals surface area (Å²) < 4.78 is 16.3. The van der Waals surface area contributed by atoms with Crippen LogP contribution in [0.4, 0.5) is 0 Å². The SMILES string of the molecule is C=C(C(=O)OC)[C@@H]1CC[C@@](C)(O)[C@H](OC(C)=O)CC/C(C)=C\CC[C@]2(C)O[C@H]2C1. The van der Waals surface area contributed by atoms with Crippen molar-refractivity contribution in [3.63, 3.8) is 0 Å². The van der Waals surface area contributed by atoms with Gasteiger partial charge in [-0.3, -0.25) is 4.79 Å². The van der Waals surface area contributed by atoms with Crippen molar-refractivity contribution in [2.75, 3.05) is 7.11 Å². The Labute approximate surface area is 174 Å². The minimum atomic E-state index is -1.21. The predicted octanol–water partition coefficient (Wildman–Crippen LogP) is 3.86. The van der Waals surface area contributed by atoms with Crippen LogP contribution in [0.2, 0.25) is 0 Å². The summed E-state index contributed by atoms with van der Waals surface area (Å²) in [6.07, 6.45) is 6.30. The van der Waals surface area contributed by atoms with Gasteiger partial charge in [-0.1, -0.05) is 18.2 Å². The number of epoxide rings is 1. The molecule has 29 heavy (non-hydrogen) atoms. The van der Waals surface area contributed by atoms with E-state index in [0.29, 0.717) is 31.3 Å². The molecule has 1 saturated heterocycles. The van der Waals surface area contributed by atoms with Crippen LogP contribution in [0.1, 0.15) is 72.6 Å². The molecule has 6 nitrogen and oxygen atoms in total. The Hall–Kier alpha value is -1.66. The van der Waals surface area contributed by atoms with Gasteiger partial charge in [0.2, 0.25) is 0 Å². The van der Waals surface area contributed by atoms with Gasteiger partial charge in [0.25, 0.3) is 0 Å². The van der Waals surface area contributed by atoms with Gasteiger partial charge >= 0.3 is 11.9 Å². The van der Waals surface area contributed by atoms with Gasteiger partial charge in [0.1, 0.15) is 6.10 Å². The fraction of sp³-hybridized carbons (Fsp3) is 0.739. The molecular weight excluding hydrogens is 372 g/mol. The molecule has 1 aliphatic carbocycles. The number of carbonyl (C=O) groups excluding carboxylic acids is 2. The molecule has 1 fully saturated rings. The molecule has 2 aliphatic rings. The number of ether oxygens (including phenoxy) is 3. The highest BCUT2D eigenvalue weighted by Crippen LogP contribution is 2.46. The van der Waals surface area contributed by atoms with E-state index in [-0.39, 0.29) is 17.6 Å². The summed E-state index contributed by atoms with van der Waals surface area (Å²) in [5.74, 6) is -1.01. The molecule has 5 atom stereocenters. The van der Waals surface area contributed by atoms with Gasteiger partial charge in [-0.25, -0.2) is 4.79 Å². The second-order valence-electron chi connectivity index (χ2n) is 8.99. The van der Waals surface area contributed by atoms with Crippen LogP contribution in [-0.2, 0) is 23.8 Å². The van der Waals surface area contributed by atoms with Gasteiger partial charge in [0, 0.05) is 12.5 Å². The zero-order chi connectivity index (χ0) is 21.8. The molecule has 0 radical (unpaired) electrons. The number of hydrogen-bond donors (Lipinski definition) is 1. The van der Waals surface area contributed by atoms with Crippen molar-refractivity contribution in [3.05, 3.63) is 23.8 Å². The molecule has 1 aliphatic heterocycles. The molecule has 0 aromatic heterocycles. The second kappa shape index (κ2) is 9.43. The van der Waals surface area contributed by atoms with Gasteiger partial charge in [-0.15, -0.1) is 0 Å². The Kier molecular flexibility index (Phi) is 7.68. The van der Waals surface area contributed by atoms with Crippen LogP contribution in [0.5, 0.6) is 0 Å². The molecular formula is C23H36O6. The fourth-order valence-electron chi connectivity index (χ4n) is 4.19. The van der Waals surface area contributed by atoms with Crippen molar-refractivity contribution in [1.29, 1.82) is 0 Å². The summed E-state index contributed by atoms with van der Waals surface area (Å²) in [5, 5.41) is 11.1. The zero-order valence-corrected chi connectivity index (χ0v) is 18.5. The number of rotatable bonds is 3. The van der Waals surface area contributed by atoms with Gasteiger partial charge in [-0.2, -0.15) is 0 Å². The average molecular weight is 409 g/mol. The van der Waals surface area contributed by atoms with Crippen LogP contribution in [0.15, 0.2) is 23.8 Å². The molecule has 0 saturated carbocycles. The van der Waals surface area contributed by atoms with E-state index in [1.54, 1.807) is 6.92 Å². The Morgan fingerprint density at radius 1 is 1.28 bits per heavy atom. The smallest absolute Gasteiger partial charge is 0.333 e. The Morgan fingerprint density at radius 3 is 2.59 bits per heavy atom. The van der Waals surface area contributed by atoms with Gasteiger partial charge in [-0.05, 0) is 71.6 Å². The lowest BCUT2D eigenvalue weighted by molar-refractivity contribution is -0.163.